The van der Waals surface area contributed by atoms with E-state index in [0.717, 1.165) is 15.6 Å². The van der Waals surface area contributed by atoms with Crippen molar-refractivity contribution in [3.05, 3.63) is 64.5 Å². The Balaban J connectivity index is 1.74. The molecule has 27 heavy (non-hydrogen) atoms. The minimum Gasteiger partial charge on any atom is -0.486 e. The summed E-state index contributed by atoms with van der Waals surface area (Å²) in [5, 5.41) is 2.73. The summed E-state index contributed by atoms with van der Waals surface area (Å²) < 4.78 is 11.3. The number of hydrogen-bond acceptors (Lipinski definition) is 6. The molecule has 3 aromatic rings. The van der Waals surface area contributed by atoms with Gasteiger partial charge in [0.05, 0.1) is 12.1 Å². The van der Waals surface area contributed by atoms with Crippen LogP contribution in [0.25, 0.3) is 0 Å². The third-order valence-corrected chi connectivity index (χ3v) is 5.74. The van der Waals surface area contributed by atoms with Gasteiger partial charge in [-0.25, -0.2) is 4.98 Å². The maximum Gasteiger partial charge on any atom is 0.261 e. The number of hydrogen-bond donors (Lipinski definition) is 0. The van der Waals surface area contributed by atoms with Crippen molar-refractivity contribution >= 4 is 34.7 Å². The Kier molecular flexibility index (Phi) is 5.31. The van der Waals surface area contributed by atoms with Gasteiger partial charge in [0.1, 0.15) is 18.2 Å². The Labute approximate surface area is 165 Å². The minimum absolute atomic E-state index is 0.0856. The van der Waals surface area contributed by atoms with E-state index in [1.54, 1.807) is 28.5 Å². The molecule has 4 rings (SSSR count). The highest BCUT2D eigenvalue weighted by Crippen LogP contribution is 2.35. The predicted octanol–water partition coefficient (Wildman–Crippen LogP) is 4.48. The zero-order valence-electron chi connectivity index (χ0n) is 14.8. The van der Waals surface area contributed by atoms with Crippen LogP contribution in [0.15, 0.2) is 59.1 Å². The summed E-state index contributed by atoms with van der Waals surface area (Å²) >= 11 is 3.09. The van der Waals surface area contributed by atoms with E-state index in [4.69, 9.17) is 9.47 Å². The molecule has 1 amide bonds. The van der Waals surface area contributed by atoms with E-state index in [0.29, 0.717) is 36.8 Å². The van der Waals surface area contributed by atoms with Crippen LogP contribution in [0.2, 0.25) is 0 Å². The summed E-state index contributed by atoms with van der Waals surface area (Å²) in [7, 11) is 0. The van der Waals surface area contributed by atoms with Gasteiger partial charge in [0.2, 0.25) is 0 Å². The Morgan fingerprint density at radius 2 is 2.04 bits per heavy atom. The number of amides is 1. The molecular formula is C20H18N2O3S2. The standard InChI is InChI=1S/C20H18N2O3S2/c1-26-19-16(5-2-8-21-19)20(23)22(13-15-4-3-11-27-15)14-6-7-17-18(12-14)25-10-9-24-17/h2-8,11-12H,9-10,13H2,1H3. The van der Waals surface area contributed by atoms with E-state index in [1.165, 1.54) is 11.8 Å². The van der Waals surface area contributed by atoms with Crippen molar-refractivity contribution in [1.82, 2.24) is 4.98 Å². The lowest BCUT2D eigenvalue weighted by molar-refractivity contribution is 0.0981. The molecule has 138 valence electrons. The molecular weight excluding hydrogens is 380 g/mol. The van der Waals surface area contributed by atoms with Crippen LogP contribution in [0.1, 0.15) is 15.2 Å². The van der Waals surface area contributed by atoms with Gasteiger partial charge in [0.15, 0.2) is 11.5 Å². The van der Waals surface area contributed by atoms with Crippen molar-refractivity contribution in [3.8, 4) is 11.5 Å². The summed E-state index contributed by atoms with van der Waals surface area (Å²) in [5.74, 6) is 1.29. The summed E-state index contributed by atoms with van der Waals surface area (Å²) in [5.41, 5.74) is 1.37. The molecule has 7 heteroatoms. The van der Waals surface area contributed by atoms with Gasteiger partial charge < -0.3 is 14.4 Å². The van der Waals surface area contributed by atoms with Gasteiger partial charge in [-0.1, -0.05) is 6.07 Å². The van der Waals surface area contributed by atoms with Crippen molar-refractivity contribution in [2.24, 2.45) is 0 Å². The van der Waals surface area contributed by atoms with Crippen LogP contribution in [0, 0.1) is 0 Å². The quantitative estimate of drug-likeness (QED) is 0.593. The zero-order chi connectivity index (χ0) is 18.6. The van der Waals surface area contributed by atoms with E-state index in [2.05, 4.69) is 4.98 Å². The number of fused-ring (bicyclic) bond motifs is 1. The second kappa shape index (κ2) is 8.02. The fourth-order valence-corrected chi connectivity index (χ4v) is 4.13. The van der Waals surface area contributed by atoms with Crippen molar-refractivity contribution in [2.75, 3.05) is 24.4 Å². The van der Waals surface area contributed by atoms with Gasteiger partial charge >= 0.3 is 0 Å². The molecule has 3 heterocycles. The van der Waals surface area contributed by atoms with Gasteiger partial charge in [-0.2, -0.15) is 0 Å². The third kappa shape index (κ3) is 3.79. The molecule has 5 nitrogen and oxygen atoms in total. The van der Waals surface area contributed by atoms with Crippen molar-refractivity contribution < 1.29 is 14.3 Å². The number of anilines is 1. The van der Waals surface area contributed by atoms with Crippen LogP contribution in [0.5, 0.6) is 11.5 Å². The number of pyridine rings is 1. The summed E-state index contributed by atoms with van der Waals surface area (Å²) in [6.45, 7) is 1.53. The molecule has 1 aliphatic rings. The lowest BCUT2D eigenvalue weighted by atomic mass is 10.2. The first-order chi connectivity index (χ1) is 13.3. The maximum atomic E-state index is 13.4. The number of ether oxygens (including phenoxy) is 2. The highest BCUT2D eigenvalue weighted by Gasteiger charge is 2.23. The van der Waals surface area contributed by atoms with Crippen LogP contribution in [0.3, 0.4) is 0 Å². The number of nitrogens with zero attached hydrogens (tertiary/aromatic N) is 2. The van der Waals surface area contributed by atoms with E-state index < -0.39 is 0 Å². The lowest BCUT2D eigenvalue weighted by Crippen LogP contribution is -2.31. The molecule has 0 unspecified atom stereocenters. The predicted molar refractivity (Wildman–Crippen MR) is 108 cm³/mol. The lowest BCUT2D eigenvalue weighted by Gasteiger charge is -2.25. The first-order valence-electron chi connectivity index (χ1n) is 8.49. The minimum atomic E-state index is -0.0856. The molecule has 0 spiro atoms. The van der Waals surface area contributed by atoms with Crippen molar-refractivity contribution in [1.29, 1.82) is 0 Å². The van der Waals surface area contributed by atoms with Gasteiger partial charge in [0.25, 0.3) is 5.91 Å². The topological polar surface area (TPSA) is 51.7 Å². The SMILES string of the molecule is CSc1ncccc1C(=O)N(Cc1cccs1)c1ccc2c(c1)OCCO2. The third-order valence-electron chi connectivity index (χ3n) is 4.17. The van der Waals surface area contributed by atoms with Gasteiger partial charge in [-0.3, -0.25) is 4.79 Å². The van der Waals surface area contributed by atoms with Gasteiger partial charge in [0, 0.05) is 22.8 Å². The number of carbonyl (C=O) groups excluding carboxylic acids is 1. The van der Waals surface area contributed by atoms with Crippen LogP contribution in [-0.2, 0) is 6.54 Å². The second-order valence-corrected chi connectivity index (χ2v) is 7.69. The average molecular weight is 399 g/mol. The molecule has 0 saturated heterocycles. The van der Waals surface area contributed by atoms with Gasteiger partial charge in [-0.05, 0) is 42.0 Å². The number of rotatable bonds is 5. The summed E-state index contributed by atoms with van der Waals surface area (Å²) in [6.07, 6.45) is 3.63. The van der Waals surface area contributed by atoms with E-state index in [1.807, 2.05) is 48.0 Å². The number of thioether (sulfide) groups is 1. The fourth-order valence-electron chi connectivity index (χ4n) is 2.90. The highest BCUT2D eigenvalue weighted by atomic mass is 32.2. The molecule has 0 radical (unpaired) electrons. The molecule has 2 aromatic heterocycles. The number of aromatic nitrogens is 1. The largest absolute Gasteiger partial charge is 0.486 e. The Bertz CT molecular complexity index is 944. The molecule has 0 aliphatic carbocycles. The fraction of sp³-hybridized carbons (Fsp3) is 0.200. The molecule has 0 bridgehead atoms. The van der Waals surface area contributed by atoms with Crippen molar-refractivity contribution in [2.45, 2.75) is 11.6 Å². The van der Waals surface area contributed by atoms with Crippen LogP contribution in [-0.4, -0.2) is 30.4 Å². The first kappa shape index (κ1) is 17.9. The first-order valence-corrected chi connectivity index (χ1v) is 10.6. The zero-order valence-corrected chi connectivity index (χ0v) is 16.4. The Morgan fingerprint density at radius 3 is 2.81 bits per heavy atom. The monoisotopic (exact) mass is 398 g/mol. The molecule has 0 saturated carbocycles. The average Bonchev–Trinajstić information content (AvgIpc) is 3.24. The molecule has 0 fully saturated rings. The summed E-state index contributed by atoms with van der Waals surface area (Å²) in [4.78, 5) is 20.6. The second-order valence-electron chi connectivity index (χ2n) is 5.86. The van der Waals surface area contributed by atoms with Crippen LogP contribution < -0.4 is 14.4 Å². The maximum absolute atomic E-state index is 13.4. The molecule has 0 N–H and O–H groups in total. The van der Waals surface area contributed by atoms with E-state index in [-0.39, 0.29) is 5.91 Å². The normalized spacial score (nSPS) is 12.6. The van der Waals surface area contributed by atoms with E-state index in [9.17, 15) is 4.79 Å². The highest BCUT2D eigenvalue weighted by molar-refractivity contribution is 7.98. The van der Waals surface area contributed by atoms with Crippen LogP contribution in [0.4, 0.5) is 5.69 Å². The van der Waals surface area contributed by atoms with Crippen LogP contribution >= 0.6 is 23.1 Å². The van der Waals surface area contributed by atoms with Gasteiger partial charge in [-0.15, -0.1) is 23.1 Å². The number of benzene rings is 1. The molecule has 1 aromatic carbocycles. The number of carbonyl (C=O) groups is 1. The Morgan fingerprint density at radius 1 is 1.19 bits per heavy atom. The Hall–Kier alpha value is -2.51. The summed E-state index contributed by atoms with van der Waals surface area (Å²) in [6, 6.07) is 13.3. The molecule has 0 atom stereocenters. The van der Waals surface area contributed by atoms with Crippen molar-refractivity contribution in [3.63, 3.8) is 0 Å². The smallest absolute Gasteiger partial charge is 0.261 e. The molecule has 1 aliphatic heterocycles. The number of thiophene rings is 1. The van der Waals surface area contributed by atoms with E-state index >= 15 is 0 Å².